The first-order chi connectivity index (χ1) is 8.75. The molecule has 1 atom stereocenters. The van der Waals surface area contributed by atoms with E-state index in [9.17, 15) is 4.79 Å². The molecule has 1 N–H and O–H groups in total. The number of carbonyl (C=O) groups is 1. The molecule has 1 aromatic heterocycles. The number of benzene rings is 1. The number of carboxylic acid groups (broad SMARTS) is 1. The van der Waals surface area contributed by atoms with Crippen LogP contribution < -0.4 is 4.90 Å². The maximum Gasteiger partial charge on any atom is 0.326 e. The van der Waals surface area contributed by atoms with E-state index in [0.717, 1.165) is 17.3 Å². The maximum atomic E-state index is 11.2. The second kappa shape index (κ2) is 4.25. The summed E-state index contributed by atoms with van der Waals surface area (Å²) in [6.45, 7) is 0.704. The molecule has 0 radical (unpaired) electrons. The zero-order valence-electron chi connectivity index (χ0n) is 9.78. The quantitative estimate of drug-likeness (QED) is 0.869. The molecule has 0 aliphatic carbocycles. The van der Waals surface area contributed by atoms with Gasteiger partial charge in [0, 0.05) is 18.1 Å². The molecule has 92 valence electrons. The van der Waals surface area contributed by atoms with Crippen LogP contribution in [0.5, 0.6) is 0 Å². The number of carboxylic acids is 1. The van der Waals surface area contributed by atoms with Gasteiger partial charge < -0.3 is 10.0 Å². The molecule has 1 aliphatic heterocycles. The summed E-state index contributed by atoms with van der Waals surface area (Å²) in [4.78, 5) is 21.6. The van der Waals surface area contributed by atoms with Crippen molar-refractivity contribution >= 4 is 22.8 Å². The molecule has 1 saturated heterocycles. The molecule has 0 spiro atoms. The summed E-state index contributed by atoms with van der Waals surface area (Å²) in [5.74, 6) is -0.289. The molecule has 1 aromatic carbocycles. The van der Waals surface area contributed by atoms with Gasteiger partial charge in [0.05, 0.1) is 5.52 Å². The normalized spacial score (nSPS) is 19.3. The van der Waals surface area contributed by atoms with Crippen molar-refractivity contribution in [2.75, 3.05) is 11.4 Å². The summed E-state index contributed by atoms with van der Waals surface area (Å²) >= 11 is 0. The van der Waals surface area contributed by atoms with E-state index in [0.29, 0.717) is 18.9 Å². The maximum absolute atomic E-state index is 11.2. The molecule has 1 fully saturated rings. The molecule has 18 heavy (non-hydrogen) atoms. The van der Waals surface area contributed by atoms with E-state index >= 15 is 0 Å². The van der Waals surface area contributed by atoms with Crippen molar-refractivity contribution in [2.24, 2.45) is 0 Å². The van der Waals surface area contributed by atoms with Crippen LogP contribution in [0.1, 0.15) is 12.8 Å². The third-order valence-electron chi connectivity index (χ3n) is 3.27. The van der Waals surface area contributed by atoms with Crippen molar-refractivity contribution in [1.29, 1.82) is 0 Å². The molecule has 1 aliphatic rings. The smallest absolute Gasteiger partial charge is 0.326 e. The third-order valence-corrected chi connectivity index (χ3v) is 3.27. The Hall–Kier alpha value is -2.17. The number of fused-ring (bicyclic) bond motifs is 1. The predicted octanol–water partition coefficient (Wildman–Crippen LogP) is 1.68. The van der Waals surface area contributed by atoms with Crippen LogP contribution in [0.15, 0.2) is 30.5 Å². The fourth-order valence-corrected chi connectivity index (χ4v) is 2.36. The monoisotopic (exact) mass is 243 g/mol. The van der Waals surface area contributed by atoms with E-state index in [4.69, 9.17) is 5.11 Å². The van der Waals surface area contributed by atoms with Crippen LogP contribution in [-0.2, 0) is 4.79 Å². The van der Waals surface area contributed by atoms with E-state index in [1.807, 2.05) is 24.3 Å². The predicted molar refractivity (Wildman–Crippen MR) is 67.5 cm³/mol. The molecule has 0 amide bonds. The van der Waals surface area contributed by atoms with Crippen molar-refractivity contribution in [3.63, 3.8) is 0 Å². The number of aliphatic carboxylic acids is 1. The summed E-state index contributed by atoms with van der Waals surface area (Å²) < 4.78 is 0. The van der Waals surface area contributed by atoms with E-state index in [1.165, 1.54) is 0 Å². The lowest BCUT2D eigenvalue weighted by molar-refractivity contribution is -0.138. The number of hydrogen-bond donors (Lipinski definition) is 1. The van der Waals surface area contributed by atoms with Crippen LogP contribution in [0.2, 0.25) is 0 Å². The summed E-state index contributed by atoms with van der Waals surface area (Å²) in [6.07, 6.45) is 3.27. The minimum Gasteiger partial charge on any atom is -0.480 e. The Balaban J connectivity index is 2.01. The molecule has 5 heteroatoms. The lowest BCUT2D eigenvalue weighted by Crippen LogP contribution is -2.37. The molecular weight excluding hydrogens is 230 g/mol. The van der Waals surface area contributed by atoms with Gasteiger partial charge >= 0.3 is 5.97 Å². The fourth-order valence-electron chi connectivity index (χ4n) is 2.36. The largest absolute Gasteiger partial charge is 0.480 e. The van der Waals surface area contributed by atoms with Crippen molar-refractivity contribution in [3.8, 4) is 0 Å². The van der Waals surface area contributed by atoms with Crippen LogP contribution in [0.4, 0.5) is 5.95 Å². The average molecular weight is 243 g/mol. The van der Waals surface area contributed by atoms with Crippen LogP contribution in [-0.4, -0.2) is 33.6 Å². The Morgan fingerprint density at radius 2 is 2.22 bits per heavy atom. The SMILES string of the molecule is O=C(O)C1CCCN1c1ncc2ccccc2n1. The first-order valence-corrected chi connectivity index (χ1v) is 5.97. The highest BCUT2D eigenvalue weighted by molar-refractivity contribution is 5.81. The van der Waals surface area contributed by atoms with Gasteiger partial charge in [-0.2, -0.15) is 0 Å². The minimum absolute atomic E-state index is 0.494. The van der Waals surface area contributed by atoms with Gasteiger partial charge in [-0.1, -0.05) is 18.2 Å². The Labute approximate surface area is 104 Å². The number of anilines is 1. The molecule has 5 nitrogen and oxygen atoms in total. The van der Waals surface area contributed by atoms with Gasteiger partial charge in [-0.3, -0.25) is 0 Å². The average Bonchev–Trinajstić information content (AvgIpc) is 2.87. The van der Waals surface area contributed by atoms with Crippen molar-refractivity contribution in [2.45, 2.75) is 18.9 Å². The molecule has 3 rings (SSSR count). The summed E-state index contributed by atoms with van der Waals surface area (Å²) in [6, 6.07) is 7.20. The Kier molecular flexibility index (Phi) is 2.59. The number of rotatable bonds is 2. The van der Waals surface area contributed by atoms with Gasteiger partial charge in [0.2, 0.25) is 5.95 Å². The lowest BCUT2D eigenvalue weighted by Gasteiger charge is -2.21. The van der Waals surface area contributed by atoms with E-state index in [-0.39, 0.29) is 0 Å². The van der Waals surface area contributed by atoms with E-state index < -0.39 is 12.0 Å². The van der Waals surface area contributed by atoms with Crippen LogP contribution >= 0.6 is 0 Å². The van der Waals surface area contributed by atoms with E-state index in [1.54, 1.807) is 11.1 Å². The Morgan fingerprint density at radius 3 is 3.06 bits per heavy atom. The highest BCUT2D eigenvalue weighted by Crippen LogP contribution is 2.23. The summed E-state index contributed by atoms with van der Waals surface area (Å²) in [7, 11) is 0. The van der Waals surface area contributed by atoms with E-state index in [2.05, 4.69) is 9.97 Å². The highest BCUT2D eigenvalue weighted by Gasteiger charge is 2.32. The molecule has 2 heterocycles. The van der Waals surface area contributed by atoms with Gasteiger partial charge in [0.1, 0.15) is 6.04 Å². The third kappa shape index (κ3) is 1.77. The summed E-state index contributed by atoms with van der Waals surface area (Å²) in [5, 5.41) is 10.1. The molecule has 0 saturated carbocycles. The molecule has 1 unspecified atom stereocenters. The van der Waals surface area contributed by atoms with Crippen LogP contribution in [0.25, 0.3) is 10.9 Å². The lowest BCUT2D eigenvalue weighted by atomic mass is 10.2. The van der Waals surface area contributed by atoms with Gasteiger partial charge in [-0.25, -0.2) is 14.8 Å². The number of nitrogens with zero attached hydrogens (tertiary/aromatic N) is 3. The fraction of sp³-hybridized carbons (Fsp3) is 0.308. The van der Waals surface area contributed by atoms with Gasteiger partial charge in [0.25, 0.3) is 0 Å². The van der Waals surface area contributed by atoms with Crippen molar-refractivity contribution in [1.82, 2.24) is 9.97 Å². The Morgan fingerprint density at radius 1 is 1.39 bits per heavy atom. The highest BCUT2D eigenvalue weighted by atomic mass is 16.4. The number of para-hydroxylation sites is 1. The first-order valence-electron chi connectivity index (χ1n) is 5.97. The van der Waals surface area contributed by atoms with Crippen LogP contribution in [0.3, 0.4) is 0 Å². The first kappa shape index (κ1) is 11.0. The standard InChI is InChI=1S/C13H13N3O2/c17-12(18)11-6-3-7-16(11)13-14-8-9-4-1-2-5-10(9)15-13/h1-2,4-5,8,11H,3,6-7H2,(H,17,18). The van der Waals surface area contributed by atoms with Crippen molar-refractivity contribution in [3.05, 3.63) is 30.5 Å². The Bertz CT molecular complexity index is 600. The molecule has 0 bridgehead atoms. The van der Waals surface area contributed by atoms with Gasteiger partial charge in [0.15, 0.2) is 0 Å². The van der Waals surface area contributed by atoms with Crippen molar-refractivity contribution < 1.29 is 9.90 Å². The van der Waals surface area contributed by atoms with Gasteiger partial charge in [-0.15, -0.1) is 0 Å². The number of aromatic nitrogens is 2. The van der Waals surface area contributed by atoms with Gasteiger partial charge in [-0.05, 0) is 18.9 Å². The second-order valence-corrected chi connectivity index (χ2v) is 4.42. The number of hydrogen-bond acceptors (Lipinski definition) is 4. The second-order valence-electron chi connectivity index (χ2n) is 4.42. The summed E-state index contributed by atoms with van der Waals surface area (Å²) in [5.41, 5.74) is 0.846. The van der Waals surface area contributed by atoms with Crippen LogP contribution in [0, 0.1) is 0 Å². The zero-order chi connectivity index (χ0) is 12.5. The molecular formula is C13H13N3O2. The minimum atomic E-state index is -0.802. The topological polar surface area (TPSA) is 66.3 Å². The molecule has 2 aromatic rings. The zero-order valence-corrected chi connectivity index (χ0v) is 9.78.